The SMILES string of the molecule is C[C@H](N)CCC1CC1. The number of nitrogens with two attached hydrogens (primary N) is 1. The quantitative estimate of drug-likeness (QED) is 0.590. The Balaban J connectivity index is 1.87. The predicted octanol–water partition coefficient (Wildman–Crippen LogP) is 1.52. The van der Waals surface area contributed by atoms with Gasteiger partial charge in [-0.1, -0.05) is 12.8 Å². The van der Waals surface area contributed by atoms with Crippen molar-refractivity contribution in [1.82, 2.24) is 0 Å². The van der Waals surface area contributed by atoms with Crippen LogP contribution in [0.5, 0.6) is 0 Å². The van der Waals surface area contributed by atoms with Crippen LogP contribution in [0, 0.1) is 5.92 Å². The van der Waals surface area contributed by atoms with Gasteiger partial charge in [0.25, 0.3) is 0 Å². The molecule has 0 heterocycles. The molecule has 0 aromatic heterocycles. The standard InChI is InChI=1S/C7H15N/c1-6(8)2-3-7-4-5-7/h6-7H,2-5,8H2,1H3/t6-/m0/s1. The summed E-state index contributed by atoms with van der Waals surface area (Å²) < 4.78 is 0. The second kappa shape index (κ2) is 2.49. The lowest BCUT2D eigenvalue weighted by molar-refractivity contribution is 0.586. The van der Waals surface area contributed by atoms with Crippen molar-refractivity contribution in [1.29, 1.82) is 0 Å². The van der Waals surface area contributed by atoms with E-state index < -0.39 is 0 Å². The van der Waals surface area contributed by atoms with Crippen molar-refractivity contribution in [2.24, 2.45) is 11.7 Å². The Morgan fingerprint density at radius 2 is 2.25 bits per heavy atom. The maximum atomic E-state index is 5.57. The first kappa shape index (κ1) is 6.09. The molecular formula is C7H15N. The molecule has 1 aliphatic rings. The largest absolute Gasteiger partial charge is 0.328 e. The highest BCUT2D eigenvalue weighted by Crippen LogP contribution is 2.33. The highest BCUT2D eigenvalue weighted by Gasteiger charge is 2.20. The third kappa shape index (κ3) is 2.31. The molecule has 1 aliphatic carbocycles. The average Bonchev–Trinajstić information content (AvgIpc) is 2.41. The van der Waals surface area contributed by atoms with E-state index in [1.807, 2.05) is 0 Å². The van der Waals surface area contributed by atoms with E-state index in [1.54, 1.807) is 0 Å². The minimum absolute atomic E-state index is 0.426. The molecule has 0 unspecified atom stereocenters. The molecule has 0 aromatic carbocycles. The summed E-state index contributed by atoms with van der Waals surface area (Å²) in [5.41, 5.74) is 5.57. The fraction of sp³-hybridized carbons (Fsp3) is 1.00. The number of hydrogen-bond acceptors (Lipinski definition) is 1. The normalized spacial score (nSPS) is 23.2. The first-order valence-corrected chi connectivity index (χ1v) is 3.54. The first-order chi connectivity index (χ1) is 3.79. The van der Waals surface area contributed by atoms with E-state index in [2.05, 4.69) is 6.92 Å². The van der Waals surface area contributed by atoms with E-state index in [-0.39, 0.29) is 0 Å². The summed E-state index contributed by atoms with van der Waals surface area (Å²) in [7, 11) is 0. The van der Waals surface area contributed by atoms with Crippen LogP contribution in [-0.2, 0) is 0 Å². The van der Waals surface area contributed by atoms with Gasteiger partial charge in [0.05, 0.1) is 0 Å². The molecule has 48 valence electrons. The van der Waals surface area contributed by atoms with Crippen LogP contribution in [0.4, 0.5) is 0 Å². The van der Waals surface area contributed by atoms with Crippen LogP contribution < -0.4 is 5.73 Å². The van der Waals surface area contributed by atoms with E-state index >= 15 is 0 Å². The maximum absolute atomic E-state index is 5.57. The second-order valence-electron chi connectivity index (χ2n) is 3.00. The lowest BCUT2D eigenvalue weighted by atomic mass is 10.1. The van der Waals surface area contributed by atoms with Crippen molar-refractivity contribution in [2.75, 3.05) is 0 Å². The maximum Gasteiger partial charge on any atom is 0.00105 e. The van der Waals surface area contributed by atoms with Gasteiger partial charge in [-0.2, -0.15) is 0 Å². The summed E-state index contributed by atoms with van der Waals surface area (Å²) in [5.74, 6) is 1.06. The van der Waals surface area contributed by atoms with Gasteiger partial charge in [0.1, 0.15) is 0 Å². The minimum Gasteiger partial charge on any atom is -0.328 e. The van der Waals surface area contributed by atoms with Crippen LogP contribution in [0.15, 0.2) is 0 Å². The molecule has 0 bridgehead atoms. The van der Waals surface area contributed by atoms with E-state index in [1.165, 1.54) is 25.7 Å². The Morgan fingerprint density at radius 1 is 1.62 bits per heavy atom. The molecule has 1 atom stereocenters. The van der Waals surface area contributed by atoms with E-state index in [4.69, 9.17) is 5.73 Å². The second-order valence-corrected chi connectivity index (χ2v) is 3.00. The van der Waals surface area contributed by atoms with Gasteiger partial charge in [-0.25, -0.2) is 0 Å². The van der Waals surface area contributed by atoms with E-state index in [0.29, 0.717) is 6.04 Å². The van der Waals surface area contributed by atoms with Crippen LogP contribution in [0.2, 0.25) is 0 Å². The van der Waals surface area contributed by atoms with Crippen molar-refractivity contribution in [3.05, 3.63) is 0 Å². The number of rotatable bonds is 3. The van der Waals surface area contributed by atoms with Crippen molar-refractivity contribution in [2.45, 2.75) is 38.6 Å². The molecule has 1 saturated carbocycles. The molecule has 0 aromatic rings. The molecule has 1 heteroatoms. The van der Waals surface area contributed by atoms with E-state index in [9.17, 15) is 0 Å². The Morgan fingerprint density at radius 3 is 2.62 bits per heavy atom. The van der Waals surface area contributed by atoms with Crippen molar-refractivity contribution in [3.63, 3.8) is 0 Å². The zero-order chi connectivity index (χ0) is 5.98. The Bertz CT molecular complexity index is 62.8. The molecular weight excluding hydrogens is 98.1 g/mol. The smallest absolute Gasteiger partial charge is 0.00105 e. The van der Waals surface area contributed by atoms with Crippen LogP contribution in [0.25, 0.3) is 0 Å². The third-order valence-corrected chi connectivity index (χ3v) is 1.73. The topological polar surface area (TPSA) is 26.0 Å². The molecule has 8 heavy (non-hydrogen) atoms. The predicted molar refractivity (Wildman–Crippen MR) is 35.6 cm³/mol. The Hall–Kier alpha value is -0.0400. The summed E-state index contributed by atoms with van der Waals surface area (Å²) in [6, 6.07) is 0.426. The lowest BCUT2D eigenvalue weighted by Gasteiger charge is -2.00. The molecule has 0 spiro atoms. The summed E-state index contributed by atoms with van der Waals surface area (Å²) in [4.78, 5) is 0. The zero-order valence-electron chi connectivity index (χ0n) is 5.56. The van der Waals surface area contributed by atoms with Crippen LogP contribution in [-0.4, -0.2) is 6.04 Å². The first-order valence-electron chi connectivity index (χ1n) is 3.54. The summed E-state index contributed by atoms with van der Waals surface area (Å²) >= 11 is 0. The van der Waals surface area contributed by atoms with Crippen LogP contribution in [0.3, 0.4) is 0 Å². The lowest BCUT2D eigenvalue weighted by Crippen LogP contribution is -2.14. The van der Waals surface area contributed by atoms with Crippen molar-refractivity contribution < 1.29 is 0 Å². The van der Waals surface area contributed by atoms with Gasteiger partial charge in [-0.05, 0) is 25.7 Å². The van der Waals surface area contributed by atoms with Gasteiger partial charge >= 0.3 is 0 Å². The van der Waals surface area contributed by atoms with Gasteiger partial charge in [0, 0.05) is 6.04 Å². The molecule has 0 aliphatic heterocycles. The van der Waals surface area contributed by atoms with Gasteiger partial charge in [-0.15, -0.1) is 0 Å². The number of hydrogen-bond donors (Lipinski definition) is 1. The summed E-state index contributed by atoms with van der Waals surface area (Å²) in [6.07, 6.45) is 5.53. The Labute approximate surface area is 51.3 Å². The van der Waals surface area contributed by atoms with Crippen molar-refractivity contribution >= 4 is 0 Å². The van der Waals surface area contributed by atoms with Gasteiger partial charge in [0.2, 0.25) is 0 Å². The monoisotopic (exact) mass is 113 g/mol. The van der Waals surface area contributed by atoms with Gasteiger partial charge in [0.15, 0.2) is 0 Å². The highest BCUT2D eigenvalue weighted by atomic mass is 14.6. The zero-order valence-corrected chi connectivity index (χ0v) is 5.56. The fourth-order valence-corrected chi connectivity index (χ4v) is 0.905. The molecule has 0 amide bonds. The summed E-state index contributed by atoms with van der Waals surface area (Å²) in [5, 5.41) is 0. The van der Waals surface area contributed by atoms with Crippen LogP contribution in [0.1, 0.15) is 32.6 Å². The molecule has 1 rings (SSSR count). The molecule has 2 N–H and O–H groups in total. The summed E-state index contributed by atoms with van der Waals surface area (Å²) in [6.45, 7) is 2.09. The van der Waals surface area contributed by atoms with Crippen molar-refractivity contribution in [3.8, 4) is 0 Å². The highest BCUT2D eigenvalue weighted by molar-refractivity contribution is 4.73. The fourth-order valence-electron chi connectivity index (χ4n) is 0.905. The molecule has 1 nitrogen and oxygen atoms in total. The average molecular weight is 113 g/mol. The van der Waals surface area contributed by atoms with Gasteiger partial charge < -0.3 is 5.73 Å². The molecule has 1 fully saturated rings. The minimum atomic E-state index is 0.426. The molecule has 0 saturated heterocycles. The van der Waals surface area contributed by atoms with E-state index in [0.717, 1.165) is 5.92 Å². The Kier molecular flexibility index (Phi) is 1.90. The molecule has 0 radical (unpaired) electrons. The third-order valence-electron chi connectivity index (χ3n) is 1.73. The van der Waals surface area contributed by atoms with Crippen LogP contribution >= 0.6 is 0 Å². The van der Waals surface area contributed by atoms with Gasteiger partial charge in [-0.3, -0.25) is 0 Å².